The van der Waals surface area contributed by atoms with Crippen molar-refractivity contribution in [2.45, 2.75) is 81.9 Å². The molecule has 9 rings (SSSR count). The molecule has 4 heterocycles. The molecule has 0 radical (unpaired) electrons. The van der Waals surface area contributed by atoms with Gasteiger partial charge in [-0.1, -0.05) is 37.1 Å². The van der Waals surface area contributed by atoms with E-state index in [0.717, 1.165) is 54.9 Å². The molecule has 2 N–H and O–H groups in total. The second kappa shape index (κ2) is 13.8. The van der Waals surface area contributed by atoms with Gasteiger partial charge in [0.05, 0.1) is 23.5 Å². The van der Waals surface area contributed by atoms with Crippen molar-refractivity contribution in [2.24, 2.45) is 0 Å². The van der Waals surface area contributed by atoms with Crippen LogP contribution in [0.2, 0.25) is 0 Å². The van der Waals surface area contributed by atoms with Gasteiger partial charge in [0.1, 0.15) is 23.6 Å². The van der Waals surface area contributed by atoms with E-state index >= 15 is 0 Å². The van der Waals surface area contributed by atoms with Gasteiger partial charge < -0.3 is 19.2 Å². The molecule has 2 aliphatic heterocycles. The number of anilines is 1. The van der Waals surface area contributed by atoms with Crippen LogP contribution in [0.5, 0.6) is 17.2 Å². The van der Waals surface area contributed by atoms with Crippen molar-refractivity contribution in [1.82, 2.24) is 30.4 Å². The van der Waals surface area contributed by atoms with E-state index in [2.05, 4.69) is 67.2 Å². The molecule has 1 atom stereocenters. The molecule has 3 fully saturated rings. The molecule has 2 aliphatic carbocycles. The van der Waals surface area contributed by atoms with E-state index in [0.29, 0.717) is 23.2 Å². The Morgan fingerprint density at radius 1 is 0.818 bits per heavy atom. The molecule has 14 nitrogen and oxygen atoms in total. The molecule has 0 bridgehead atoms. The molecular formula is C41H37N7O7. The lowest BCUT2D eigenvalue weighted by Crippen LogP contribution is -2.54. The Bertz CT molecular complexity index is 2290. The maximum absolute atomic E-state index is 13.2. The molecule has 5 aromatic rings. The fraction of sp³-hybridized carbons (Fsp3) is 0.317. The molecule has 4 amide bonds. The molecule has 14 heteroatoms. The number of nitrogens with zero attached hydrogens (tertiary/aromatic N) is 5. The molecule has 4 aliphatic rings. The van der Waals surface area contributed by atoms with E-state index < -0.39 is 29.7 Å². The molecule has 278 valence electrons. The minimum absolute atomic E-state index is 0.0431. The Balaban J connectivity index is 0.797. The Kier molecular flexibility index (Phi) is 8.59. The van der Waals surface area contributed by atoms with Gasteiger partial charge in [0, 0.05) is 43.3 Å². The second-order valence-corrected chi connectivity index (χ2v) is 14.6. The van der Waals surface area contributed by atoms with Crippen LogP contribution in [0.4, 0.5) is 5.69 Å². The first-order valence-corrected chi connectivity index (χ1v) is 18.5. The lowest BCUT2D eigenvalue weighted by Gasteiger charge is -2.36. The van der Waals surface area contributed by atoms with Gasteiger partial charge in [0.15, 0.2) is 5.75 Å². The number of rotatable bonds is 10. The summed E-state index contributed by atoms with van der Waals surface area (Å²) in [5.41, 5.74) is 3.66. The number of fused-ring (bicyclic) bond motifs is 1. The standard InChI is InChI=1S/C41H37N7O7/c1-23-46-47-38(53-23)36-42-21-31(22-43-36)55-29-11-6-25(7-12-29)41(16-2-3-17-41)24-4-9-28(10-5-24)54-30-18-27(19-30)44-26-8-13-32-33(20-26)40(52)48(39(32)51)34-14-15-35(49)45-37(34)50/h4-13,20-22,27,30,34,44H,2-3,14-19H2,1H3,(H,45,49,50). The van der Waals surface area contributed by atoms with E-state index in [9.17, 15) is 19.2 Å². The van der Waals surface area contributed by atoms with Crippen LogP contribution in [0.15, 0.2) is 83.5 Å². The van der Waals surface area contributed by atoms with Gasteiger partial charge in [0.2, 0.25) is 23.5 Å². The number of amides is 4. The lowest BCUT2D eigenvalue weighted by atomic mass is 9.73. The van der Waals surface area contributed by atoms with Crippen LogP contribution < -0.4 is 20.1 Å². The third-order valence-corrected chi connectivity index (χ3v) is 11.1. The van der Waals surface area contributed by atoms with Gasteiger partial charge >= 0.3 is 0 Å². The maximum atomic E-state index is 13.2. The summed E-state index contributed by atoms with van der Waals surface area (Å²) in [6.45, 7) is 1.71. The Morgan fingerprint density at radius 3 is 2.15 bits per heavy atom. The van der Waals surface area contributed by atoms with E-state index in [4.69, 9.17) is 13.9 Å². The van der Waals surface area contributed by atoms with Gasteiger partial charge in [0.25, 0.3) is 17.7 Å². The average molecular weight is 740 g/mol. The van der Waals surface area contributed by atoms with Crippen LogP contribution in [-0.4, -0.2) is 66.9 Å². The summed E-state index contributed by atoms with van der Waals surface area (Å²) in [5, 5.41) is 13.4. The number of nitrogens with one attached hydrogen (secondary N) is 2. The summed E-state index contributed by atoms with van der Waals surface area (Å²) in [6, 6.07) is 21.0. The number of imide groups is 2. The molecular weight excluding hydrogens is 702 g/mol. The fourth-order valence-electron chi connectivity index (χ4n) is 8.19. The number of ether oxygens (including phenoxy) is 2. The number of piperidine rings is 1. The summed E-state index contributed by atoms with van der Waals surface area (Å²) in [6.07, 6.45) is 9.41. The summed E-state index contributed by atoms with van der Waals surface area (Å²) >= 11 is 0. The zero-order valence-electron chi connectivity index (χ0n) is 30.0. The highest BCUT2D eigenvalue weighted by Crippen LogP contribution is 2.47. The van der Waals surface area contributed by atoms with Gasteiger partial charge in [-0.3, -0.25) is 29.4 Å². The normalized spacial score (nSPS) is 21.5. The maximum Gasteiger partial charge on any atom is 0.285 e. The SMILES string of the molecule is Cc1nnc(-c2ncc(Oc3ccc(C4(c5ccc(OC6CC(Nc7ccc8c(c7)C(=O)N(C7CCC(=O)NC7=O)C8=O)C6)cc5)CCCC4)cc3)cn2)o1. The van der Waals surface area contributed by atoms with Crippen molar-refractivity contribution >= 4 is 29.3 Å². The summed E-state index contributed by atoms with van der Waals surface area (Å²) in [7, 11) is 0. The first-order chi connectivity index (χ1) is 26.7. The number of hydrogen-bond acceptors (Lipinski definition) is 12. The number of carbonyl (C=O) groups is 4. The summed E-state index contributed by atoms with van der Waals surface area (Å²) in [4.78, 5) is 59.8. The highest BCUT2D eigenvalue weighted by Gasteiger charge is 2.45. The van der Waals surface area contributed by atoms with Crippen molar-refractivity contribution < 1.29 is 33.1 Å². The fourth-order valence-corrected chi connectivity index (χ4v) is 8.19. The van der Waals surface area contributed by atoms with Gasteiger partial charge in [-0.25, -0.2) is 9.97 Å². The van der Waals surface area contributed by atoms with Crippen molar-refractivity contribution in [3.63, 3.8) is 0 Å². The van der Waals surface area contributed by atoms with Gasteiger partial charge in [-0.2, -0.15) is 0 Å². The number of carbonyl (C=O) groups excluding carboxylic acids is 4. The minimum atomic E-state index is -0.988. The van der Waals surface area contributed by atoms with Crippen LogP contribution in [0.1, 0.15) is 89.1 Å². The zero-order valence-corrected chi connectivity index (χ0v) is 30.0. The van der Waals surface area contributed by atoms with Crippen molar-refractivity contribution in [3.05, 3.63) is 107 Å². The largest absolute Gasteiger partial charge is 0.490 e. The van der Waals surface area contributed by atoms with Crippen molar-refractivity contribution in [3.8, 4) is 29.0 Å². The third-order valence-electron chi connectivity index (χ3n) is 11.1. The molecule has 55 heavy (non-hydrogen) atoms. The Morgan fingerprint density at radius 2 is 1.49 bits per heavy atom. The first kappa shape index (κ1) is 34.3. The lowest BCUT2D eigenvalue weighted by molar-refractivity contribution is -0.136. The zero-order chi connectivity index (χ0) is 37.7. The second-order valence-electron chi connectivity index (χ2n) is 14.6. The van der Waals surface area contributed by atoms with Crippen LogP contribution >= 0.6 is 0 Å². The molecule has 3 aromatic carbocycles. The van der Waals surface area contributed by atoms with Crippen LogP contribution in [0.25, 0.3) is 11.7 Å². The molecule has 1 unspecified atom stereocenters. The quantitative estimate of drug-likeness (QED) is 0.162. The highest BCUT2D eigenvalue weighted by molar-refractivity contribution is 6.23. The predicted octanol–water partition coefficient (Wildman–Crippen LogP) is 5.91. The van der Waals surface area contributed by atoms with Crippen molar-refractivity contribution in [2.75, 3.05) is 5.32 Å². The van der Waals surface area contributed by atoms with E-state index in [-0.39, 0.29) is 47.4 Å². The summed E-state index contributed by atoms with van der Waals surface area (Å²) in [5.74, 6) is 1.00. The molecule has 2 aromatic heterocycles. The van der Waals surface area contributed by atoms with E-state index in [1.807, 2.05) is 12.1 Å². The van der Waals surface area contributed by atoms with Gasteiger partial charge in [-0.05, 0) is 72.9 Å². The number of aryl methyl sites for hydroxylation is 1. The molecule has 1 saturated heterocycles. The summed E-state index contributed by atoms with van der Waals surface area (Å²) < 4.78 is 17.8. The number of benzene rings is 3. The number of hydrogen-bond donors (Lipinski definition) is 2. The number of aromatic nitrogens is 4. The smallest absolute Gasteiger partial charge is 0.285 e. The highest BCUT2D eigenvalue weighted by atomic mass is 16.5. The van der Waals surface area contributed by atoms with E-state index in [1.54, 1.807) is 37.5 Å². The van der Waals surface area contributed by atoms with Crippen LogP contribution in [0.3, 0.4) is 0 Å². The molecule has 0 spiro atoms. The third kappa shape index (κ3) is 6.47. The average Bonchev–Trinajstić information content (AvgIpc) is 3.91. The Labute approximate surface area is 315 Å². The topological polar surface area (TPSA) is 179 Å². The van der Waals surface area contributed by atoms with Crippen LogP contribution in [-0.2, 0) is 15.0 Å². The minimum Gasteiger partial charge on any atom is -0.490 e. The van der Waals surface area contributed by atoms with Crippen LogP contribution in [0, 0.1) is 6.92 Å². The van der Waals surface area contributed by atoms with Gasteiger partial charge in [-0.15, -0.1) is 10.2 Å². The first-order valence-electron chi connectivity index (χ1n) is 18.5. The molecule has 2 saturated carbocycles. The monoisotopic (exact) mass is 739 g/mol. The Hall–Kier alpha value is -6.44. The van der Waals surface area contributed by atoms with Crippen molar-refractivity contribution in [1.29, 1.82) is 0 Å². The van der Waals surface area contributed by atoms with E-state index in [1.165, 1.54) is 11.1 Å². The predicted molar refractivity (Wildman–Crippen MR) is 196 cm³/mol.